The van der Waals surface area contributed by atoms with E-state index in [1.54, 1.807) is 48.5 Å². The Balaban J connectivity index is 2.41. The molecule has 2 rings (SSSR count). The number of allylic oxidation sites excluding steroid dienone is 1. The molecule has 0 saturated carbocycles. The van der Waals surface area contributed by atoms with E-state index in [0.717, 1.165) is 0 Å². The van der Waals surface area contributed by atoms with E-state index in [4.69, 9.17) is 0 Å². The third-order valence-electron chi connectivity index (χ3n) is 3.56. The van der Waals surface area contributed by atoms with Crippen molar-refractivity contribution < 1.29 is 19.8 Å². The monoisotopic (exact) mass is 296 g/mol. The van der Waals surface area contributed by atoms with E-state index < -0.39 is 11.9 Å². The average Bonchev–Trinajstić information content (AvgIpc) is 2.52. The van der Waals surface area contributed by atoms with Gasteiger partial charge in [0.05, 0.1) is 11.1 Å². The largest absolute Gasteiger partial charge is 0.478 e. The van der Waals surface area contributed by atoms with E-state index in [-0.39, 0.29) is 17.0 Å². The molecule has 22 heavy (non-hydrogen) atoms. The van der Waals surface area contributed by atoms with E-state index >= 15 is 0 Å². The number of benzene rings is 2. The van der Waals surface area contributed by atoms with Crippen molar-refractivity contribution in [3.63, 3.8) is 0 Å². The first-order chi connectivity index (χ1) is 10.5. The second kappa shape index (κ2) is 6.72. The lowest BCUT2D eigenvalue weighted by Crippen LogP contribution is -2.10. The van der Waals surface area contributed by atoms with Crippen molar-refractivity contribution in [1.82, 2.24) is 0 Å². The normalized spacial score (nSPS) is 11.6. The number of hydrogen-bond acceptors (Lipinski definition) is 2. The lowest BCUT2D eigenvalue weighted by Gasteiger charge is -2.16. The van der Waals surface area contributed by atoms with Gasteiger partial charge in [-0.15, -0.1) is 6.58 Å². The van der Waals surface area contributed by atoms with Gasteiger partial charge in [-0.1, -0.05) is 42.5 Å². The quantitative estimate of drug-likeness (QED) is 0.799. The highest BCUT2D eigenvalue weighted by atomic mass is 16.4. The zero-order valence-corrected chi connectivity index (χ0v) is 11.9. The number of hydrogen-bond donors (Lipinski definition) is 2. The molecule has 0 saturated heterocycles. The fourth-order valence-electron chi connectivity index (χ4n) is 2.48. The number of carboxylic acid groups (broad SMARTS) is 2. The molecule has 4 nitrogen and oxygen atoms in total. The summed E-state index contributed by atoms with van der Waals surface area (Å²) in [6.45, 7) is 3.77. The Labute approximate surface area is 128 Å². The number of carboxylic acids is 2. The molecule has 0 aliphatic rings. The van der Waals surface area contributed by atoms with Crippen LogP contribution in [0.2, 0.25) is 0 Å². The molecule has 4 heteroatoms. The van der Waals surface area contributed by atoms with Crippen molar-refractivity contribution in [3.05, 3.63) is 83.4 Å². The molecule has 2 aromatic rings. The van der Waals surface area contributed by atoms with Gasteiger partial charge in [0.15, 0.2) is 0 Å². The second-order valence-corrected chi connectivity index (χ2v) is 4.90. The van der Waals surface area contributed by atoms with Gasteiger partial charge in [0.1, 0.15) is 0 Å². The van der Waals surface area contributed by atoms with Gasteiger partial charge in [-0.3, -0.25) is 0 Å². The van der Waals surface area contributed by atoms with Crippen LogP contribution >= 0.6 is 0 Å². The number of rotatable bonds is 6. The zero-order valence-electron chi connectivity index (χ0n) is 11.9. The molecule has 1 unspecified atom stereocenters. The maximum absolute atomic E-state index is 11.3. The molecule has 0 spiro atoms. The van der Waals surface area contributed by atoms with Gasteiger partial charge in [0, 0.05) is 5.92 Å². The molecular weight excluding hydrogens is 280 g/mol. The highest BCUT2D eigenvalue weighted by Gasteiger charge is 2.19. The van der Waals surface area contributed by atoms with Gasteiger partial charge in [-0.05, 0) is 29.7 Å². The average molecular weight is 296 g/mol. The molecule has 0 fully saturated rings. The van der Waals surface area contributed by atoms with Crippen molar-refractivity contribution in [1.29, 1.82) is 0 Å². The maximum Gasteiger partial charge on any atom is 0.335 e. The van der Waals surface area contributed by atoms with Gasteiger partial charge < -0.3 is 10.2 Å². The van der Waals surface area contributed by atoms with Gasteiger partial charge >= 0.3 is 11.9 Å². The van der Waals surface area contributed by atoms with E-state index in [2.05, 4.69) is 6.58 Å². The fraction of sp³-hybridized carbons (Fsp3) is 0.111. The van der Waals surface area contributed by atoms with Crippen LogP contribution in [0.4, 0.5) is 0 Å². The molecule has 0 aliphatic carbocycles. The smallest absolute Gasteiger partial charge is 0.335 e. The van der Waals surface area contributed by atoms with Crippen molar-refractivity contribution in [2.45, 2.75) is 12.3 Å². The first-order valence-electron chi connectivity index (χ1n) is 6.80. The lowest BCUT2D eigenvalue weighted by molar-refractivity contribution is 0.0683. The minimum absolute atomic E-state index is 0.209. The fourth-order valence-corrected chi connectivity index (χ4v) is 2.48. The summed E-state index contributed by atoms with van der Waals surface area (Å²) in [7, 11) is 0. The van der Waals surface area contributed by atoms with Crippen molar-refractivity contribution in [3.8, 4) is 0 Å². The maximum atomic E-state index is 11.3. The number of carbonyl (C=O) groups is 2. The van der Waals surface area contributed by atoms with Crippen LogP contribution in [-0.2, 0) is 6.42 Å². The van der Waals surface area contributed by atoms with Crippen LogP contribution in [-0.4, -0.2) is 22.2 Å². The second-order valence-electron chi connectivity index (χ2n) is 4.90. The standard InChI is InChI=1S/C18H16O4/c1-2-12(14-8-5-6-10-16(14)18(21)22)11-13-7-3-4-9-15(13)17(19)20/h2-10,12H,1,11H2,(H,19,20)(H,21,22). The van der Waals surface area contributed by atoms with E-state index in [1.807, 2.05) is 0 Å². The molecule has 0 aliphatic heterocycles. The number of aromatic carboxylic acids is 2. The van der Waals surface area contributed by atoms with Crippen LogP contribution in [0.15, 0.2) is 61.2 Å². The molecule has 2 N–H and O–H groups in total. The molecule has 0 radical (unpaired) electrons. The summed E-state index contributed by atoms with van der Waals surface area (Å²) in [4.78, 5) is 22.6. The summed E-state index contributed by atoms with van der Waals surface area (Å²) in [5.41, 5.74) is 1.72. The van der Waals surface area contributed by atoms with Crippen molar-refractivity contribution in [2.24, 2.45) is 0 Å². The first kappa shape index (κ1) is 15.5. The lowest BCUT2D eigenvalue weighted by atomic mass is 9.87. The van der Waals surface area contributed by atoms with Crippen molar-refractivity contribution in [2.75, 3.05) is 0 Å². The van der Waals surface area contributed by atoms with E-state index in [1.165, 1.54) is 6.07 Å². The summed E-state index contributed by atoms with van der Waals surface area (Å²) >= 11 is 0. The van der Waals surface area contributed by atoms with Gasteiger partial charge in [0.25, 0.3) is 0 Å². The zero-order chi connectivity index (χ0) is 16.1. The molecule has 112 valence electrons. The van der Waals surface area contributed by atoms with Gasteiger partial charge in [-0.25, -0.2) is 9.59 Å². The van der Waals surface area contributed by atoms with Crippen LogP contribution in [0.3, 0.4) is 0 Å². The molecule has 0 bridgehead atoms. The predicted molar refractivity (Wildman–Crippen MR) is 83.4 cm³/mol. The Morgan fingerprint density at radius 1 is 0.955 bits per heavy atom. The molecule has 1 atom stereocenters. The van der Waals surface area contributed by atoms with Crippen LogP contribution < -0.4 is 0 Å². The highest BCUT2D eigenvalue weighted by molar-refractivity contribution is 5.90. The minimum Gasteiger partial charge on any atom is -0.478 e. The van der Waals surface area contributed by atoms with Gasteiger partial charge in [-0.2, -0.15) is 0 Å². The minimum atomic E-state index is -1.01. The topological polar surface area (TPSA) is 74.6 Å². The van der Waals surface area contributed by atoms with Gasteiger partial charge in [0.2, 0.25) is 0 Å². The Morgan fingerprint density at radius 2 is 1.50 bits per heavy atom. The Bertz CT molecular complexity index is 719. The molecule has 2 aromatic carbocycles. The Hall–Kier alpha value is -2.88. The Morgan fingerprint density at radius 3 is 2.09 bits per heavy atom. The van der Waals surface area contributed by atoms with E-state index in [0.29, 0.717) is 17.5 Å². The SMILES string of the molecule is C=CC(Cc1ccccc1C(=O)O)c1ccccc1C(=O)O. The molecule has 0 heterocycles. The third-order valence-corrected chi connectivity index (χ3v) is 3.56. The summed E-state index contributed by atoms with van der Waals surface area (Å²) < 4.78 is 0. The summed E-state index contributed by atoms with van der Waals surface area (Å²) in [5.74, 6) is -2.27. The summed E-state index contributed by atoms with van der Waals surface area (Å²) in [5, 5.41) is 18.5. The Kier molecular flexibility index (Phi) is 4.73. The van der Waals surface area contributed by atoms with E-state index in [9.17, 15) is 19.8 Å². The van der Waals surface area contributed by atoms with Crippen LogP contribution in [0.5, 0.6) is 0 Å². The summed E-state index contributed by atoms with van der Waals surface area (Å²) in [6, 6.07) is 13.4. The highest BCUT2D eigenvalue weighted by Crippen LogP contribution is 2.26. The molecule has 0 amide bonds. The summed E-state index contributed by atoms with van der Waals surface area (Å²) in [6.07, 6.45) is 2.04. The first-order valence-corrected chi connectivity index (χ1v) is 6.80. The van der Waals surface area contributed by atoms with Crippen LogP contribution in [0.25, 0.3) is 0 Å². The molecular formula is C18H16O4. The third kappa shape index (κ3) is 3.23. The van der Waals surface area contributed by atoms with Crippen LogP contribution in [0, 0.1) is 0 Å². The molecule has 0 aromatic heterocycles. The van der Waals surface area contributed by atoms with Crippen molar-refractivity contribution >= 4 is 11.9 Å². The predicted octanol–water partition coefficient (Wildman–Crippen LogP) is 3.60. The van der Waals surface area contributed by atoms with Crippen LogP contribution in [0.1, 0.15) is 37.8 Å².